The van der Waals surface area contributed by atoms with Crippen molar-refractivity contribution in [2.45, 2.75) is 59.1 Å². The average molecular weight is 403 g/mol. The second kappa shape index (κ2) is 10.7. The molecular weight excluding hydrogens is 364 g/mol. The zero-order valence-corrected chi connectivity index (χ0v) is 18.6. The number of rotatable bonds is 8. The van der Waals surface area contributed by atoms with Gasteiger partial charge in [-0.2, -0.15) is 0 Å². The lowest BCUT2D eigenvalue weighted by atomic mass is 9.97. The highest BCUT2D eigenvalue weighted by Crippen LogP contribution is 2.35. The zero-order chi connectivity index (χ0) is 20.6. The lowest BCUT2D eigenvalue weighted by molar-refractivity contribution is 0.185. The SMILES string of the molecule is CCCN1CCC(CNC(=NC)NCc2cc3c(cc2OCC)CC(C)O3)CC1. The van der Waals surface area contributed by atoms with Crippen LogP contribution in [0.15, 0.2) is 17.1 Å². The molecule has 162 valence electrons. The van der Waals surface area contributed by atoms with Crippen LogP contribution in [-0.2, 0) is 13.0 Å². The standard InChI is InChI=1S/C23H38N4O2/c1-5-9-27-10-7-18(8-11-27)15-25-23(24-4)26-16-20-14-22-19(12-17(3)29-22)13-21(20)28-6-2/h13-14,17-18H,5-12,15-16H2,1-4H3,(H2,24,25,26). The normalized spacial score (nSPS) is 20.3. The van der Waals surface area contributed by atoms with Crippen LogP contribution in [0.1, 0.15) is 51.2 Å². The van der Waals surface area contributed by atoms with Gasteiger partial charge >= 0.3 is 0 Å². The molecule has 1 aromatic rings. The molecule has 29 heavy (non-hydrogen) atoms. The van der Waals surface area contributed by atoms with E-state index in [0.717, 1.165) is 41.9 Å². The van der Waals surface area contributed by atoms with Crippen LogP contribution in [0.5, 0.6) is 11.5 Å². The molecule has 1 aromatic carbocycles. The third-order valence-electron chi connectivity index (χ3n) is 5.85. The molecule has 0 aliphatic carbocycles. The van der Waals surface area contributed by atoms with E-state index in [2.05, 4.69) is 46.5 Å². The predicted octanol–water partition coefficient (Wildman–Crippen LogP) is 3.20. The quantitative estimate of drug-likeness (QED) is 0.517. The number of aliphatic imine (C=N–C) groups is 1. The number of piperidine rings is 1. The fraction of sp³-hybridized carbons (Fsp3) is 0.696. The molecule has 1 fully saturated rings. The summed E-state index contributed by atoms with van der Waals surface area (Å²) >= 11 is 0. The lowest BCUT2D eigenvalue weighted by Crippen LogP contribution is -2.42. The van der Waals surface area contributed by atoms with Crippen molar-refractivity contribution in [3.63, 3.8) is 0 Å². The number of benzene rings is 1. The number of fused-ring (bicyclic) bond motifs is 1. The summed E-state index contributed by atoms with van der Waals surface area (Å²) in [6.07, 6.45) is 4.96. The Labute approximate surface area is 176 Å². The van der Waals surface area contributed by atoms with Gasteiger partial charge in [0.05, 0.1) is 6.61 Å². The summed E-state index contributed by atoms with van der Waals surface area (Å²) in [5, 5.41) is 6.96. The fourth-order valence-electron chi connectivity index (χ4n) is 4.28. The highest BCUT2D eigenvalue weighted by Gasteiger charge is 2.22. The van der Waals surface area contributed by atoms with E-state index in [0.29, 0.717) is 13.2 Å². The van der Waals surface area contributed by atoms with Gasteiger partial charge in [0.25, 0.3) is 0 Å². The van der Waals surface area contributed by atoms with Crippen molar-refractivity contribution in [1.29, 1.82) is 0 Å². The molecule has 0 amide bonds. The molecular formula is C23H38N4O2. The summed E-state index contributed by atoms with van der Waals surface area (Å²) in [7, 11) is 1.83. The molecule has 2 aliphatic rings. The first-order valence-electron chi connectivity index (χ1n) is 11.2. The second-order valence-electron chi connectivity index (χ2n) is 8.22. The highest BCUT2D eigenvalue weighted by molar-refractivity contribution is 5.79. The van der Waals surface area contributed by atoms with Crippen molar-refractivity contribution in [2.75, 3.05) is 39.8 Å². The summed E-state index contributed by atoms with van der Waals surface area (Å²) in [6, 6.07) is 4.26. The van der Waals surface area contributed by atoms with Crippen LogP contribution >= 0.6 is 0 Å². The third-order valence-corrected chi connectivity index (χ3v) is 5.85. The van der Waals surface area contributed by atoms with Crippen LogP contribution in [-0.4, -0.2) is 56.8 Å². The number of hydrogen-bond acceptors (Lipinski definition) is 4. The number of nitrogens with one attached hydrogen (secondary N) is 2. The van der Waals surface area contributed by atoms with Crippen molar-refractivity contribution >= 4 is 5.96 Å². The summed E-state index contributed by atoms with van der Waals surface area (Å²) in [4.78, 5) is 6.98. The van der Waals surface area contributed by atoms with Gasteiger partial charge in [0.1, 0.15) is 17.6 Å². The van der Waals surface area contributed by atoms with Gasteiger partial charge in [-0.05, 0) is 70.8 Å². The molecule has 1 atom stereocenters. The first-order valence-corrected chi connectivity index (χ1v) is 11.2. The Morgan fingerprint density at radius 3 is 2.72 bits per heavy atom. The summed E-state index contributed by atoms with van der Waals surface area (Å²) in [6.45, 7) is 12.4. The summed E-state index contributed by atoms with van der Waals surface area (Å²) in [5.74, 6) is 3.49. The van der Waals surface area contributed by atoms with Crippen LogP contribution in [0.3, 0.4) is 0 Å². The Morgan fingerprint density at radius 1 is 1.24 bits per heavy atom. The maximum absolute atomic E-state index is 5.93. The Bertz CT molecular complexity index is 684. The van der Waals surface area contributed by atoms with Crippen LogP contribution in [0, 0.1) is 5.92 Å². The topological polar surface area (TPSA) is 58.1 Å². The Morgan fingerprint density at radius 2 is 2.03 bits per heavy atom. The van der Waals surface area contributed by atoms with E-state index in [9.17, 15) is 0 Å². The van der Waals surface area contributed by atoms with Crippen LogP contribution in [0.25, 0.3) is 0 Å². The van der Waals surface area contributed by atoms with E-state index in [1.54, 1.807) is 0 Å². The van der Waals surface area contributed by atoms with Crippen LogP contribution in [0.2, 0.25) is 0 Å². The van der Waals surface area contributed by atoms with E-state index in [4.69, 9.17) is 9.47 Å². The van der Waals surface area contributed by atoms with Gasteiger partial charge in [-0.1, -0.05) is 6.92 Å². The van der Waals surface area contributed by atoms with E-state index < -0.39 is 0 Å². The first-order chi connectivity index (χ1) is 14.1. The monoisotopic (exact) mass is 402 g/mol. The average Bonchev–Trinajstić information content (AvgIpc) is 3.08. The van der Waals surface area contributed by atoms with E-state index in [1.165, 1.54) is 44.5 Å². The molecule has 2 aliphatic heterocycles. The molecule has 2 heterocycles. The molecule has 2 N–H and O–H groups in total. The molecule has 0 aromatic heterocycles. The van der Waals surface area contributed by atoms with Gasteiger partial charge in [-0.15, -0.1) is 0 Å². The lowest BCUT2D eigenvalue weighted by Gasteiger charge is -2.32. The molecule has 6 nitrogen and oxygen atoms in total. The van der Waals surface area contributed by atoms with E-state index in [-0.39, 0.29) is 6.10 Å². The van der Waals surface area contributed by atoms with Gasteiger partial charge in [0, 0.05) is 37.7 Å². The molecule has 1 unspecified atom stereocenters. The molecule has 0 bridgehead atoms. The Balaban J connectivity index is 1.51. The maximum Gasteiger partial charge on any atom is 0.191 e. The van der Waals surface area contributed by atoms with Gasteiger partial charge in [-0.3, -0.25) is 4.99 Å². The van der Waals surface area contributed by atoms with Crippen molar-refractivity contribution < 1.29 is 9.47 Å². The number of ether oxygens (including phenoxy) is 2. The Kier molecular flexibility index (Phi) is 8.04. The number of nitrogens with zero attached hydrogens (tertiary/aromatic N) is 2. The molecule has 3 rings (SSSR count). The minimum absolute atomic E-state index is 0.237. The smallest absolute Gasteiger partial charge is 0.191 e. The van der Waals surface area contributed by atoms with E-state index >= 15 is 0 Å². The summed E-state index contributed by atoms with van der Waals surface area (Å²) < 4.78 is 11.8. The van der Waals surface area contributed by atoms with Crippen molar-refractivity contribution in [3.05, 3.63) is 23.3 Å². The largest absolute Gasteiger partial charge is 0.494 e. The minimum atomic E-state index is 0.237. The number of hydrogen-bond donors (Lipinski definition) is 2. The molecule has 6 heteroatoms. The van der Waals surface area contributed by atoms with Crippen molar-refractivity contribution in [3.8, 4) is 11.5 Å². The van der Waals surface area contributed by atoms with Crippen molar-refractivity contribution in [2.24, 2.45) is 10.9 Å². The number of likely N-dealkylation sites (tertiary alicyclic amines) is 1. The minimum Gasteiger partial charge on any atom is -0.494 e. The molecule has 0 saturated carbocycles. The molecule has 0 spiro atoms. The second-order valence-corrected chi connectivity index (χ2v) is 8.22. The van der Waals surface area contributed by atoms with E-state index in [1.807, 2.05) is 14.0 Å². The Hall–Kier alpha value is -1.95. The highest BCUT2D eigenvalue weighted by atomic mass is 16.5. The van der Waals surface area contributed by atoms with Crippen LogP contribution in [0.4, 0.5) is 0 Å². The third kappa shape index (κ3) is 6.01. The molecule has 0 radical (unpaired) electrons. The fourth-order valence-corrected chi connectivity index (χ4v) is 4.28. The zero-order valence-electron chi connectivity index (χ0n) is 18.6. The summed E-state index contributed by atoms with van der Waals surface area (Å²) in [5.41, 5.74) is 2.34. The number of guanidine groups is 1. The molecule has 1 saturated heterocycles. The first kappa shape index (κ1) is 21.8. The van der Waals surface area contributed by atoms with Gasteiger partial charge in [-0.25, -0.2) is 0 Å². The van der Waals surface area contributed by atoms with Crippen LogP contribution < -0.4 is 20.1 Å². The maximum atomic E-state index is 5.93. The van der Waals surface area contributed by atoms with Gasteiger partial charge in [0.2, 0.25) is 0 Å². The van der Waals surface area contributed by atoms with Gasteiger partial charge < -0.3 is 25.0 Å². The van der Waals surface area contributed by atoms with Gasteiger partial charge in [0.15, 0.2) is 5.96 Å². The predicted molar refractivity (Wildman–Crippen MR) is 119 cm³/mol. The van der Waals surface area contributed by atoms with Crippen molar-refractivity contribution in [1.82, 2.24) is 15.5 Å².